The van der Waals surface area contributed by atoms with Crippen LogP contribution in [0.4, 0.5) is 0 Å². The molecule has 0 atom stereocenters. The zero-order valence-electron chi connectivity index (χ0n) is 12.8. The van der Waals surface area contributed by atoms with Crippen molar-refractivity contribution in [3.63, 3.8) is 0 Å². The Hall–Kier alpha value is -1.97. The molecule has 0 unspecified atom stereocenters. The van der Waals surface area contributed by atoms with E-state index >= 15 is 0 Å². The van der Waals surface area contributed by atoms with Crippen molar-refractivity contribution in [1.29, 1.82) is 0 Å². The zero-order valence-corrected chi connectivity index (χ0v) is 16.0. The Morgan fingerprint density at radius 1 is 1.25 bits per heavy atom. The minimum atomic E-state index is -0.523. The minimum Gasteiger partial charge on any atom is -0.493 e. The summed E-state index contributed by atoms with van der Waals surface area (Å²) in [6, 6.07) is 11.0. The molecule has 0 aromatic heterocycles. The van der Waals surface area contributed by atoms with Crippen molar-refractivity contribution in [2.24, 2.45) is 0 Å². The van der Waals surface area contributed by atoms with Gasteiger partial charge in [0.25, 0.3) is 0 Å². The summed E-state index contributed by atoms with van der Waals surface area (Å²) in [4.78, 5) is 11.9. The molecule has 0 aliphatic carbocycles. The summed E-state index contributed by atoms with van der Waals surface area (Å²) in [5.41, 5.74) is 1.32. The molecule has 0 amide bonds. The Morgan fingerprint density at radius 3 is 2.71 bits per heavy atom. The van der Waals surface area contributed by atoms with Gasteiger partial charge in [-0.3, -0.25) is 0 Å². The molecule has 6 heteroatoms. The third-order valence-electron chi connectivity index (χ3n) is 3.02. The van der Waals surface area contributed by atoms with E-state index in [0.29, 0.717) is 28.1 Å². The second-order valence-electron chi connectivity index (χ2n) is 4.69. The smallest absolute Gasteiger partial charge is 0.339 e. The predicted octanol–water partition coefficient (Wildman–Crippen LogP) is 4.59. The molecule has 0 heterocycles. The maximum atomic E-state index is 11.9. The van der Waals surface area contributed by atoms with Gasteiger partial charge in [-0.2, -0.15) is 0 Å². The molecule has 0 radical (unpaired) electrons. The minimum absolute atomic E-state index is 0.0834. The van der Waals surface area contributed by atoms with Gasteiger partial charge in [0.2, 0.25) is 0 Å². The van der Waals surface area contributed by atoms with Crippen LogP contribution >= 0.6 is 31.9 Å². The van der Waals surface area contributed by atoms with E-state index in [1.807, 2.05) is 24.3 Å². The van der Waals surface area contributed by atoms with Crippen LogP contribution in [0, 0.1) is 12.3 Å². The van der Waals surface area contributed by atoms with Crippen molar-refractivity contribution in [1.82, 2.24) is 0 Å². The fourth-order valence-corrected chi connectivity index (χ4v) is 2.95. The van der Waals surface area contributed by atoms with Gasteiger partial charge in [0, 0.05) is 4.47 Å². The average molecular weight is 454 g/mol. The molecule has 2 rings (SSSR count). The lowest BCUT2D eigenvalue weighted by Crippen LogP contribution is -2.07. The molecule has 0 saturated carbocycles. The molecule has 0 aliphatic heterocycles. The van der Waals surface area contributed by atoms with E-state index in [9.17, 15) is 4.79 Å². The normalized spacial score (nSPS) is 9.92. The molecule has 0 fully saturated rings. The summed E-state index contributed by atoms with van der Waals surface area (Å²) < 4.78 is 17.6. The fraction of sp³-hybridized carbons (Fsp3) is 0.167. The van der Waals surface area contributed by atoms with E-state index in [-0.39, 0.29) is 6.61 Å². The number of terminal acetylenes is 1. The Bertz CT molecular complexity index is 781. The van der Waals surface area contributed by atoms with Gasteiger partial charge < -0.3 is 14.2 Å². The maximum absolute atomic E-state index is 11.9. The van der Waals surface area contributed by atoms with Crippen LogP contribution in [0.5, 0.6) is 11.5 Å². The van der Waals surface area contributed by atoms with Crippen molar-refractivity contribution >= 4 is 37.8 Å². The second kappa shape index (κ2) is 8.76. The van der Waals surface area contributed by atoms with Crippen LogP contribution in [0.15, 0.2) is 45.3 Å². The van der Waals surface area contributed by atoms with E-state index < -0.39 is 5.97 Å². The van der Waals surface area contributed by atoms with Gasteiger partial charge in [-0.05, 0) is 45.8 Å². The first-order valence-corrected chi connectivity index (χ1v) is 8.49. The van der Waals surface area contributed by atoms with Gasteiger partial charge in [-0.1, -0.05) is 34.0 Å². The third kappa shape index (κ3) is 4.76. The first-order valence-electron chi connectivity index (χ1n) is 6.90. The Kier molecular flexibility index (Phi) is 6.71. The van der Waals surface area contributed by atoms with Crippen LogP contribution in [0.25, 0.3) is 0 Å². The van der Waals surface area contributed by atoms with E-state index in [1.54, 1.807) is 12.1 Å². The number of rotatable bonds is 6. The Morgan fingerprint density at radius 2 is 2.04 bits per heavy atom. The molecule has 0 N–H and O–H groups in total. The number of methoxy groups -OCH3 is 1. The van der Waals surface area contributed by atoms with Gasteiger partial charge in [-0.25, -0.2) is 4.79 Å². The summed E-state index contributed by atoms with van der Waals surface area (Å²) in [6.45, 7) is 0.273. The van der Waals surface area contributed by atoms with Crippen LogP contribution in [0.3, 0.4) is 0 Å². The highest BCUT2D eigenvalue weighted by atomic mass is 79.9. The molecular formula is C18H14Br2O4. The van der Waals surface area contributed by atoms with Gasteiger partial charge >= 0.3 is 5.97 Å². The van der Waals surface area contributed by atoms with Crippen molar-refractivity contribution in [3.8, 4) is 23.8 Å². The van der Waals surface area contributed by atoms with Gasteiger partial charge in [-0.15, -0.1) is 6.42 Å². The highest BCUT2D eigenvalue weighted by Gasteiger charge is 2.16. The van der Waals surface area contributed by atoms with Crippen LogP contribution in [0.1, 0.15) is 15.9 Å². The molecule has 0 saturated heterocycles. The molecule has 0 bridgehead atoms. The number of ether oxygens (including phenoxy) is 3. The number of carbonyl (C=O) groups is 1. The number of carbonyl (C=O) groups excluding carboxylic acids is 1. The Balaban J connectivity index is 2.21. The van der Waals surface area contributed by atoms with Crippen LogP contribution in [-0.4, -0.2) is 19.7 Å². The summed E-state index contributed by atoms with van der Waals surface area (Å²) in [7, 11) is 1.50. The number of halogens is 2. The first kappa shape index (κ1) is 18.4. The Labute approximate surface area is 157 Å². The van der Waals surface area contributed by atoms with Gasteiger partial charge in [0.05, 0.1) is 17.1 Å². The quantitative estimate of drug-likeness (QED) is 0.474. The third-order valence-corrected chi connectivity index (χ3v) is 4.11. The molecule has 124 valence electrons. The van der Waals surface area contributed by atoms with Gasteiger partial charge in [0.15, 0.2) is 18.1 Å². The van der Waals surface area contributed by atoms with E-state index in [1.165, 1.54) is 7.11 Å². The van der Waals surface area contributed by atoms with Crippen molar-refractivity contribution in [2.45, 2.75) is 6.61 Å². The largest absolute Gasteiger partial charge is 0.493 e. The van der Waals surface area contributed by atoms with Crippen molar-refractivity contribution < 1.29 is 19.0 Å². The van der Waals surface area contributed by atoms with Gasteiger partial charge in [0.1, 0.15) is 6.61 Å². The summed E-state index contributed by atoms with van der Waals surface area (Å²) in [6.07, 6.45) is 5.09. The van der Waals surface area contributed by atoms with E-state index in [2.05, 4.69) is 37.8 Å². The maximum Gasteiger partial charge on any atom is 0.339 e. The molecule has 24 heavy (non-hydrogen) atoms. The lowest BCUT2D eigenvalue weighted by molar-refractivity contribution is 0.0556. The molecule has 2 aromatic carbocycles. The SMILES string of the molecule is C#CCOC(=O)c1cc(Br)c(OCc2cccc(Br)c2)c(OC)c1. The predicted molar refractivity (Wildman–Crippen MR) is 98.3 cm³/mol. The fourth-order valence-electron chi connectivity index (χ4n) is 1.95. The summed E-state index contributed by atoms with van der Waals surface area (Å²) in [5, 5.41) is 0. The summed E-state index contributed by atoms with van der Waals surface area (Å²) in [5.74, 6) is 2.66. The molecule has 4 nitrogen and oxygen atoms in total. The lowest BCUT2D eigenvalue weighted by atomic mass is 10.2. The monoisotopic (exact) mass is 452 g/mol. The number of hydrogen-bond acceptors (Lipinski definition) is 4. The molecule has 2 aromatic rings. The van der Waals surface area contributed by atoms with E-state index in [0.717, 1.165) is 10.0 Å². The zero-order chi connectivity index (χ0) is 17.5. The van der Waals surface area contributed by atoms with Crippen molar-refractivity contribution in [3.05, 3.63) is 56.5 Å². The lowest BCUT2D eigenvalue weighted by Gasteiger charge is -2.14. The molecule has 0 spiro atoms. The highest BCUT2D eigenvalue weighted by Crippen LogP contribution is 2.37. The molecule has 0 aliphatic rings. The highest BCUT2D eigenvalue weighted by molar-refractivity contribution is 9.10. The topological polar surface area (TPSA) is 44.8 Å². The first-order chi connectivity index (χ1) is 11.5. The van der Waals surface area contributed by atoms with Crippen molar-refractivity contribution in [2.75, 3.05) is 13.7 Å². The van der Waals surface area contributed by atoms with Crippen LogP contribution in [0.2, 0.25) is 0 Å². The number of hydrogen-bond donors (Lipinski definition) is 0. The number of esters is 1. The van der Waals surface area contributed by atoms with E-state index in [4.69, 9.17) is 20.6 Å². The van der Waals surface area contributed by atoms with Crippen LogP contribution < -0.4 is 9.47 Å². The standard InChI is InChI=1S/C18H14Br2O4/c1-3-7-23-18(21)13-9-15(20)17(16(10-13)22-2)24-11-12-5-4-6-14(19)8-12/h1,4-6,8-10H,7,11H2,2H3. The second-order valence-corrected chi connectivity index (χ2v) is 6.46. The van der Waals surface area contributed by atoms with Crippen LogP contribution in [-0.2, 0) is 11.3 Å². The summed E-state index contributed by atoms with van der Waals surface area (Å²) >= 11 is 6.82. The average Bonchev–Trinajstić information content (AvgIpc) is 2.58. The molecular weight excluding hydrogens is 440 g/mol. The number of benzene rings is 2.